The quantitative estimate of drug-likeness (QED) is 0.849. The normalized spacial score (nSPS) is 21.1. The highest BCUT2D eigenvalue weighted by molar-refractivity contribution is 5.94. The van der Waals surface area contributed by atoms with E-state index < -0.39 is 0 Å². The molecule has 0 N–H and O–H groups in total. The zero-order chi connectivity index (χ0) is 14.9. The van der Waals surface area contributed by atoms with E-state index in [1.54, 1.807) is 0 Å². The zero-order valence-electron chi connectivity index (χ0n) is 12.5. The van der Waals surface area contributed by atoms with E-state index in [0.717, 1.165) is 42.9 Å². The zero-order valence-corrected chi connectivity index (χ0v) is 12.5. The lowest BCUT2D eigenvalue weighted by atomic mass is 10.0. The third-order valence-corrected chi connectivity index (χ3v) is 4.63. The van der Waals surface area contributed by atoms with Gasteiger partial charge in [-0.05, 0) is 37.0 Å². The molecule has 0 bridgehead atoms. The van der Waals surface area contributed by atoms with Crippen LogP contribution in [0.1, 0.15) is 19.3 Å². The van der Waals surface area contributed by atoms with Crippen molar-refractivity contribution in [1.29, 1.82) is 0 Å². The van der Waals surface area contributed by atoms with E-state index in [2.05, 4.69) is 17.1 Å². The topological polar surface area (TPSA) is 36.4 Å². The number of amides is 2. The number of hydrogen-bond donors (Lipinski definition) is 0. The summed E-state index contributed by atoms with van der Waals surface area (Å²) in [5, 5.41) is 0. The molecule has 2 saturated heterocycles. The van der Waals surface area contributed by atoms with Crippen LogP contribution in [0.3, 0.4) is 0 Å². The molecule has 2 amide bonds. The SMILES string of the molecule is O=C1N(c2ccc(-c3ccccc3)cn2)CC2CCCCN12. The van der Waals surface area contributed by atoms with Gasteiger partial charge >= 0.3 is 6.03 Å². The van der Waals surface area contributed by atoms with Crippen LogP contribution in [0.5, 0.6) is 0 Å². The molecule has 4 rings (SSSR count). The highest BCUT2D eigenvalue weighted by Crippen LogP contribution is 2.29. The van der Waals surface area contributed by atoms with Crippen LogP contribution in [0.4, 0.5) is 10.6 Å². The van der Waals surface area contributed by atoms with E-state index in [9.17, 15) is 4.79 Å². The Hall–Kier alpha value is -2.36. The van der Waals surface area contributed by atoms with Crippen molar-refractivity contribution in [2.24, 2.45) is 0 Å². The van der Waals surface area contributed by atoms with Crippen LogP contribution in [0.25, 0.3) is 11.1 Å². The van der Waals surface area contributed by atoms with Gasteiger partial charge in [-0.1, -0.05) is 30.3 Å². The van der Waals surface area contributed by atoms with Crippen LogP contribution in [-0.2, 0) is 0 Å². The van der Waals surface area contributed by atoms with Gasteiger partial charge in [0.05, 0.1) is 6.04 Å². The summed E-state index contributed by atoms with van der Waals surface area (Å²) < 4.78 is 0. The summed E-state index contributed by atoms with van der Waals surface area (Å²) >= 11 is 0. The first-order valence-electron chi connectivity index (χ1n) is 7.92. The van der Waals surface area contributed by atoms with Crippen LogP contribution in [-0.4, -0.2) is 35.0 Å². The summed E-state index contributed by atoms with van der Waals surface area (Å²) in [6.07, 6.45) is 5.32. The molecule has 4 heteroatoms. The van der Waals surface area contributed by atoms with Crippen molar-refractivity contribution in [3.63, 3.8) is 0 Å². The average molecular weight is 293 g/mol. The molecule has 22 heavy (non-hydrogen) atoms. The fraction of sp³-hybridized carbons (Fsp3) is 0.333. The molecule has 2 fully saturated rings. The maximum Gasteiger partial charge on any atom is 0.326 e. The van der Waals surface area contributed by atoms with Crippen LogP contribution < -0.4 is 4.90 Å². The molecule has 3 heterocycles. The Labute approximate surface area is 130 Å². The van der Waals surface area contributed by atoms with Crippen LogP contribution in [0.2, 0.25) is 0 Å². The van der Waals surface area contributed by atoms with Crippen molar-refractivity contribution < 1.29 is 4.79 Å². The highest BCUT2D eigenvalue weighted by atomic mass is 16.2. The number of urea groups is 1. The number of pyridine rings is 1. The fourth-order valence-electron chi connectivity index (χ4n) is 3.42. The first-order valence-corrected chi connectivity index (χ1v) is 7.92. The maximum atomic E-state index is 12.5. The summed E-state index contributed by atoms with van der Waals surface area (Å²) in [4.78, 5) is 20.9. The first-order chi connectivity index (χ1) is 10.8. The monoisotopic (exact) mass is 293 g/mol. The molecule has 4 nitrogen and oxygen atoms in total. The van der Waals surface area contributed by atoms with E-state index in [0.29, 0.717) is 6.04 Å². The van der Waals surface area contributed by atoms with Crippen molar-refractivity contribution >= 4 is 11.8 Å². The van der Waals surface area contributed by atoms with E-state index in [4.69, 9.17) is 0 Å². The van der Waals surface area contributed by atoms with Crippen LogP contribution in [0.15, 0.2) is 48.7 Å². The number of benzene rings is 1. The number of carbonyl (C=O) groups is 1. The molecule has 1 aromatic heterocycles. The second-order valence-electron chi connectivity index (χ2n) is 6.01. The van der Waals surface area contributed by atoms with Crippen molar-refractivity contribution in [2.45, 2.75) is 25.3 Å². The Kier molecular flexibility index (Phi) is 3.29. The standard InChI is InChI=1S/C18H19N3O/c22-18-20-11-5-4-8-16(20)13-21(18)17-10-9-15(12-19-17)14-6-2-1-3-7-14/h1-3,6-7,9-10,12,16H,4-5,8,11,13H2. The number of rotatable bonds is 2. The first kappa shape index (κ1) is 13.3. The van der Waals surface area contributed by atoms with Gasteiger partial charge in [-0.25, -0.2) is 9.78 Å². The van der Waals surface area contributed by atoms with E-state index >= 15 is 0 Å². The number of hydrogen-bond acceptors (Lipinski definition) is 2. The lowest BCUT2D eigenvalue weighted by molar-refractivity contribution is 0.187. The minimum atomic E-state index is 0.115. The molecular formula is C18H19N3O. The molecule has 2 aromatic rings. The van der Waals surface area contributed by atoms with Gasteiger partial charge in [-0.15, -0.1) is 0 Å². The van der Waals surface area contributed by atoms with Gasteiger partial charge in [0.25, 0.3) is 0 Å². The van der Waals surface area contributed by atoms with E-state index in [1.807, 2.05) is 46.3 Å². The molecule has 1 unspecified atom stereocenters. The third-order valence-electron chi connectivity index (χ3n) is 4.63. The van der Waals surface area contributed by atoms with Gasteiger partial charge in [0.1, 0.15) is 5.82 Å². The Balaban J connectivity index is 1.57. The third kappa shape index (κ3) is 2.25. The van der Waals surface area contributed by atoms with Crippen LogP contribution >= 0.6 is 0 Å². The molecular weight excluding hydrogens is 274 g/mol. The van der Waals surface area contributed by atoms with Crippen molar-refractivity contribution in [3.05, 3.63) is 48.7 Å². The van der Waals surface area contributed by atoms with Gasteiger partial charge in [-0.3, -0.25) is 4.90 Å². The number of fused-ring (bicyclic) bond motifs is 1. The molecule has 112 valence electrons. The lowest BCUT2D eigenvalue weighted by Crippen LogP contribution is -2.38. The highest BCUT2D eigenvalue weighted by Gasteiger charge is 2.39. The molecule has 1 aromatic carbocycles. The Morgan fingerprint density at radius 2 is 1.86 bits per heavy atom. The van der Waals surface area contributed by atoms with E-state index in [1.165, 1.54) is 6.42 Å². The number of aromatic nitrogens is 1. The van der Waals surface area contributed by atoms with E-state index in [-0.39, 0.29) is 6.03 Å². The molecule has 0 spiro atoms. The maximum absolute atomic E-state index is 12.5. The Morgan fingerprint density at radius 1 is 1.00 bits per heavy atom. The summed E-state index contributed by atoms with van der Waals surface area (Å²) in [6.45, 7) is 1.67. The van der Waals surface area contributed by atoms with Crippen LogP contribution in [0, 0.1) is 0 Å². The number of piperidine rings is 1. The largest absolute Gasteiger partial charge is 0.326 e. The summed E-state index contributed by atoms with van der Waals surface area (Å²) in [7, 11) is 0. The van der Waals surface area contributed by atoms with Gasteiger partial charge in [-0.2, -0.15) is 0 Å². The van der Waals surface area contributed by atoms with Gasteiger partial charge in [0.2, 0.25) is 0 Å². The second kappa shape index (κ2) is 5.44. The minimum absolute atomic E-state index is 0.115. The van der Waals surface area contributed by atoms with Crippen molar-refractivity contribution in [1.82, 2.24) is 9.88 Å². The molecule has 1 atom stereocenters. The number of anilines is 1. The minimum Gasteiger partial charge on any atom is -0.320 e. The fourth-order valence-corrected chi connectivity index (χ4v) is 3.42. The molecule has 0 radical (unpaired) electrons. The summed E-state index contributed by atoms with van der Waals surface area (Å²) in [6, 6.07) is 14.7. The Morgan fingerprint density at radius 3 is 2.59 bits per heavy atom. The number of carbonyl (C=O) groups excluding carboxylic acids is 1. The molecule has 2 aliphatic heterocycles. The van der Waals surface area contributed by atoms with Crippen molar-refractivity contribution in [3.8, 4) is 11.1 Å². The second-order valence-corrected chi connectivity index (χ2v) is 6.01. The smallest absolute Gasteiger partial charge is 0.320 e. The summed E-state index contributed by atoms with van der Waals surface area (Å²) in [5.74, 6) is 0.763. The average Bonchev–Trinajstić information content (AvgIpc) is 2.93. The molecule has 0 aliphatic carbocycles. The predicted molar refractivity (Wildman–Crippen MR) is 86.8 cm³/mol. The Bertz CT molecular complexity index is 668. The van der Waals surface area contributed by atoms with Gasteiger partial charge in [0, 0.05) is 24.8 Å². The predicted octanol–water partition coefficient (Wildman–Crippen LogP) is 3.54. The molecule has 0 saturated carbocycles. The van der Waals surface area contributed by atoms with Gasteiger partial charge < -0.3 is 4.90 Å². The summed E-state index contributed by atoms with van der Waals surface area (Å²) in [5.41, 5.74) is 2.22. The number of nitrogens with zero attached hydrogens (tertiary/aromatic N) is 3. The lowest BCUT2D eigenvalue weighted by Gasteiger charge is -2.27. The molecule has 2 aliphatic rings. The van der Waals surface area contributed by atoms with Gasteiger partial charge in [0.15, 0.2) is 0 Å². The van der Waals surface area contributed by atoms with Crippen molar-refractivity contribution in [2.75, 3.05) is 18.0 Å².